The van der Waals surface area contributed by atoms with Gasteiger partial charge in [-0.3, -0.25) is 4.79 Å². The van der Waals surface area contributed by atoms with E-state index >= 15 is 0 Å². The summed E-state index contributed by atoms with van der Waals surface area (Å²) in [4.78, 5) is 16.7. The topological polar surface area (TPSA) is 68.2 Å². The molecule has 2 heterocycles. The average molecular weight is 463 g/mol. The zero-order valence-electron chi connectivity index (χ0n) is 21.3. The SMILES string of the molecule is C/C=C1\C=C(/C)Oc2ccc3cccc(c3c2)NC(=O)CNCCn2cncc2C1.CC.CC. The highest BCUT2D eigenvalue weighted by molar-refractivity contribution is 6.03. The van der Waals surface area contributed by atoms with Gasteiger partial charge in [-0.2, -0.15) is 0 Å². The molecule has 0 aliphatic carbocycles. The van der Waals surface area contributed by atoms with E-state index < -0.39 is 0 Å². The van der Waals surface area contributed by atoms with Crippen LogP contribution in [0, 0.1) is 0 Å². The van der Waals surface area contributed by atoms with E-state index in [0.717, 1.165) is 52.2 Å². The average Bonchev–Trinajstić information content (AvgIpc) is 3.30. The molecule has 1 aliphatic heterocycles. The van der Waals surface area contributed by atoms with Crippen LogP contribution in [-0.2, 0) is 17.8 Å². The van der Waals surface area contributed by atoms with Gasteiger partial charge in [0.05, 0.1) is 12.9 Å². The maximum Gasteiger partial charge on any atom is 0.238 e. The van der Waals surface area contributed by atoms with Crippen LogP contribution in [-0.4, -0.2) is 28.5 Å². The van der Waals surface area contributed by atoms with Crippen molar-refractivity contribution in [2.45, 2.75) is 54.5 Å². The van der Waals surface area contributed by atoms with Crippen LogP contribution in [0.4, 0.5) is 5.69 Å². The smallest absolute Gasteiger partial charge is 0.238 e. The normalized spacial score (nSPS) is 17.1. The minimum atomic E-state index is -0.0729. The fourth-order valence-electron chi connectivity index (χ4n) is 3.64. The number of hydrogen-bond acceptors (Lipinski definition) is 4. The van der Waals surface area contributed by atoms with Gasteiger partial charge in [0, 0.05) is 42.5 Å². The second-order valence-electron chi connectivity index (χ2n) is 7.39. The van der Waals surface area contributed by atoms with Gasteiger partial charge >= 0.3 is 0 Å². The van der Waals surface area contributed by atoms with Gasteiger partial charge in [0.25, 0.3) is 0 Å². The third-order valence-electron chi connectivity index (χ3n) is 5.16. The predicted molar refractivity (Wildman–Crippen MR) is 142 cm³/mol. The van der Waals surface area contributed by atoms with Crippen molar-refractivity contribution in [3.8, 4) is 5.75 Å². The summed E-state index contributed by atoms with van der Waals surface area (Å²) in [6.45, 7) is 13.7. The molecule has 1 aromatic heterocycles. The number of ether oxygens (including phenoxy) is 1. The molecule has 2 aromatic carbocycles. The minimum Gasteiger partial charge on any atom is -0.462 e. The summed E-state index contributed by atoms with van der Waals surface area (Å²) in [5.41, 5.74) is 3.06. The number of hydrogen-bond donors (Lipinski definition) is 2. The van der Waals surface area contributed by atoms with Gasteiger partial charge < -0.3 is 19.9 Å². The van der Waals surface area contributed by atoms with Gasteiger partial charge in [-0.25, -0.2) is 4.98 Å². The van der Waals surface area contributed by atoms with Crippen molar-refractivity contribution >= 4 is 22.4 Å². The number of amides is 1. The summed E-state index contributed by atoms with van der Waals surface area (Å²) < 4.78 is 8.21. The second-order valence-corrected chi connectivity index (χ2v) is 7.39. The lowest BCUT2D eigenvalue weighted by Crippen LogP contribution is -2.30. The van der Waals surface area contributed by atoms with E-state index in [9.17, 15) is 4.79 Å². The Morgan fingerprint density at radius 3 is 2.68 bits per heavy atom. The van der Waals surface area contributed by atoms with Crippen molar-refractivity contribution in [3.05, 3.63) is 78.1 Å². The Bertz CT molecular complexity index is 1130. The highest BCUT2D eigenvalue weighted by atomic mass is 16.5. The lowest BCUT2D eigenvalue weighted by atomic mass is 10.1. The largest absolute Gasteiger partial charge is 0.462 e. The molecule has 2 N–H and O–H groups in total. The highest BCUT2D eigenvalue weighted by Crippen LogP contribution is 2.28. The van der Waals surface area contributed by atoms with Crippen molar-refractivity contribution in [1.82, 2.24) is 14.9 Å². The van der Waals surface area contributed by atoms with E-state index in [0.29, 0.717) is 6.54 Å². The number of anilines is 1. The number of carbonyl (C=O) groups excluding carboxylic acids is 1. The summed E-state index contributed by atoms with van der Waals surface area (Å²) in [6.07, 6.45) is 8.64. The van der Waals surface area contributed by atoms with Crippen molar-refractivity contribution < 1.29 is 9.53 Å². The molecule has 0 radical (unpaired) electrons. The Morgan fingerprint density at radius 1 is 1.12 bits per heavy atom. The van der Waals surface area contributed by atoms with Crippen LogP contribution in [0.3, 0.4) is 0 Å². The van der Waals surface area contributed by atoms with Gasteiger partial charge in [-0.05, 0) is 49.1 Å². The summed E-state index contributed by atoms with van der Waals surface area (Å²) in [6, 6.07) is 11.8. The molecule has 1 aliphatic rings. The van der Waals surface area contributed by atoms with Crippen LogP contribution in [0.5, 0.6) is 5.75 Å². The van der Waals surface area contributed by atoms with E-state index in [-0.39, 0.29) is 12.5 Å². The summed E-state index contributed by atoms with van der Waals surface area (Å²) in [5, 5.41) is 8.23. The molecule has 182 valence electrons. The molecule has 0 fully saturated rings. The number of fused-ring (bicyclic) bond motifs is 2. The Morgan fingerprint density at radius 2 is 1.91 bits per heavy atom. The number of benzene rings is 2. The molecule has 0 spiro atoms. The predicted octanol–water partition coefficient (Wildman–Crippen LogP) is 6.10. The first-order chi connectivity index (χ1) is 16.6. The first-order valence-corrected chi connectivity index (χ1v) is 12.2. The Labute approximate surface area is 203 Å². The van der Waals surface area contributed by atoms with Crippen LogP contribution >= 0.6 is 0 Å². The highest BCUT2D eigenvalue weighted by Gasteiger charge is 2.10. The molecule has 3 aromatic rings. The number of imidazole rings is 1. The third kappa shape index (κ3) is 7.32. The lowest BCUT2D eigenvalue weighted by molar-refractivity contribution is -0.115. The molecule has 0 saturated heterocycles. The summed E-state index contributed by atoms with van der Waals surface area (Å²) >= 11 is 0. The van der Waals surface area contributed by atoms with Gasteiger partial charge in [0.2, 0.25) is 5.91 Å². The van der Waals surface area contributed by atoms with Crippen LogP contribution < -0.4 is 15.4 Å². The van der Waals surface area contributed by atoms with Crippen LogP contribution in [0.15, 0.2) is 72.4 Å². The molecule has 1 amide bonds. The van der Waals surface area contributed by atoms with Crippen LogP contribution in [0.1, 0.15) is 47.2 Å². The summed E-state index contributed by atoms with van der Waals surface area (Å²) in [7, 11) is 0. The van der Waals surface area contributed by atoms with E-state index in [1.807, 2.05) is 90.5 Å². The minimum absolute atomic E-state index is 0.0729. The number of aromatic nitrogens is 2. The molecule has 0 atom stereocenters. The fraction of sp³-hybridized carbons (Fsp3) is 0.357. The third-order valence-corrected chi connectivity index (χ3v) is 5.16. The lowest BCUT2D eigenvalue weighted by Gasteiger charge is -2.12. The second kappa shape index (κ2) is 14.0. The Kier molecular flexibility index (Phi) is 11.1. The van der Waals surface area contributed by atoms with Crippen molar-refractivity contribution in [2.75, 3.05) is 18.4 Å². The molecular formula is C28H38N4O2. The number of nitrogens with one attached hydrogen (secondary N) is 2. The molecule has 6 heteroatoms. The molecule has 0 saturated carbocycles. The number of rotatable bonds is 0. The van der Waals surface area contributed by atoms with Gasteiger partial charge in [-0.1, -0.05) is 52.0 Å². The Balaban J connectivity index is 0.000000970. The quantitative estimate of drug-likeness (QED) is 0.423. The van der Waals surface area contributed by atoms with E-state index in [4.69, 9.17) is 4.74 Å². The number of carbonyl (C=O) groups is 1. The maximum atomic E-state index is 12.5. The van der Waals surface area contributed by atoms with Gasteiger partial charge in [-0.15, -0.1) is 0 Å². The van der Waals surface area contributed by atoms with E-state index in [2.05, 4.69) is 32.3 Å². The van der Waals surface area contributed by atoms with Gasteiger partial charge in [0.1, 0.15) is 11.5 Å². The van der Waals surface area contributed by atoms with Crippen molar-refractivity contribution in [1.29, 1.82) is 0 Å². The maximum absolute atomic E-state index is 12.5. The molecule has 34 heavy (non-hydrogen) atoms. The van der Waals surface area contributed by atoms with Crippen LogP contribution in [0.2, 0.25) is 0 Å². The first kappa shape index (κ1) is 26.9. The zero-order valence-corrected chi connectivity index (χ0v) is 21.3. The molecule has 2 bridgehead atoms. The molecule has 0 unspecified atom stereocenters. The van der Waals surface area contributed by atoms with Crippen molar-refractivity contribution in [2.24, 2.45) is 0 Å². The first-order valence-electron chi connectivity index (χ1n) is 12.2. The van der Waals surface area contributed by atoms with Crippen LogP contribution in [0.25, 0.3) is 10.8 Å². The molecule has 4 rings (SSSR count). The molecule has 6 nitrogen and oxygen atoms in total. The van der Waals surface area contributed by atoms with Gasteiger partial charge in [0.15, 0.2) is 0 Å². The molecular weight excluding hydrogens is 424 g/mol. The number of nitrogens with zero attached hydrogens (tertiary/aromatic N) is 2. The zero-order chi connectivity index (χ0) is 24.9. The van der Waals surface area contributed by atoms with Crippen molar-refractivity contribution in [3.63, 3.8) is 0 Å². The van der Waals surface area contributed by atoms with E-state index in [1.165, 1.54) is 0 Å². The summed E-state index contributed by atoms with van der Waals surface area (Å²) in [5.74, 6) is 1.47. The Hall–Kier alpha value is -3.38. The standard InChI is InChI=1S/C24H26N4O2.2C2H6/c1-3-18-11-17(2)30-21-8-7-19-5-4-6-23(22(19)13-21)27-24(29)15-25-9-10-28-16-26-14-20(28)12-18;2*1-2/h3-8,11,13-14,16,25H,9-10,12,15H2,1-2H3,(H,27,29);2*1-2H3/b17-11+,18-3+;;. The monoisotopic (exact) mass is 462 g/mol. The fourth-order valence-corrected chi connectivity index (χ4v) is 3.64. The van der Waals surface area contributed by atoms with E-state index in [1.54, 1.807) is 0 Å². The number of allylic oxidation sites excluding steroid dienone is 4.